The van der Waals surface area contributed by atoms with Gasteiger partial charge in [0, 0.05) is 5.69 Å². The van der Waals surface area contributed by atoms with Gasteiger partial charge in [-0.1, -0.05) is 18.2 Å². The number of nitrogens with one attached hydrogen (secondary N) is 2. The zero-order valence-corrected chi connectivity index (χ0v) is 10.2. The van der Waals surface area contributed by atoms with Gasteiger partial charge in [-0.25, -0.2) is 0 Å². The first-order valence-corrected chi connectivity index (χ1v) is 5.89. The second-order valence-electron chi connectivity index (χ2n) is 4.19. The molecule has 2 rings (SSSR count). The molecule has 1 aliphatic heterocycles. The lowest BCUT2D eigenvalue weighted by molar-refractivity contribution is -0.139. The summed E-state index contributed by atoms with van der Waals surface area (Å²) in [6.07, 6.45) is 1.47. The van der Waals surface area contributed by atoms with Crippen molar-refractivity contribution in [2.75, 3.05) is 19.0 Å². The van der Waals surface area contributed by atoms with E-state index in [0.29, 0.717) is 6.42 Å². The zero-order chi connectivity index (χ0) is 13.0. The van der Waals surface area contributed by atoms with Crippen LogP contribution in [-0.2, 0) is 20.7 Å². The van der Waals surface area contributed by atoms with Crippen LogP contribution in [0.1, 0.15) is 12.0 Å². The van der Waals surface area contributed by atoms with Crippen LogP contribution in [0.15, 0.2) is 24.3 Å². The lowest BCUT2D eigenvalue weighted by Gasteiger charge is -2.14. The maximum absolute atomic E-state index is 12.0. The molecule has 18 heavy (non-hydrogen) atoms. The Labute approximate surface area is 106 Å². The molecule has 5 nitrogen and oxygen atoms in total. The zero-order valence-electron chi connectivity index (χ0n) is 10.2. The molecule has 1 atom stereocenters. The minimum atomic E-state index is -0.371. The van der Waals surface area contributed by atoms with Crippen LogP contribution < -0.4 is 10.6 Å². The Morgan fingerprint density at radius 1 is 1.50 bits per heavy atom. The number of anilines is 1. The van der Waals surface area contributed by atoms with Crippen molar-refractivity contribution >= 4 is 17.6 Å². The van der Waals surface area contributed by atoms with Crippen molar-refractivity contribution in [1.82, 2.24) is 5.32 Å². The van der Waals surface area contributed by atoms with Crippen molar-refractivity contribution in [2.45, 2.75) is 18.9 Å². The number of esters is 1. The first-order valence-electron chi connectivity index (χ1n) is 5.89. The molecule has 1 amide bonds. The average Bonchev–Trinajstić information content (AvgIpc) is 2.54. The average molecular weight is 248 g/mol. The molecule has 96 valence electrons. The van der Waals surface area contributed by atoms with Gasteiger partial charge >= 0.3 is 5.97 Å². The van der Waals surface area contributed by atoms with Crippen LogP contribution >= 0.6 is 0 Å². The van der Waals surface area contributed by atoms with Crippen LogP contribution in [-0.4, -0.2) is 31.6 Å². The Morgan fingerprint density at radius 3 is 3.06 bits per heavy atom. The van der Waals surface area contributed by atoms with Crippen molar-refractivity contribution < 1.29 is 14.3 Å². The number of benzene rings is 1. The number of ether oxygens (including phenoxy) is 1. The maximum Gasteiger partial charge on any atom is 0.319 e. The molecule has 0 spiro atoms. The van der Waals surface area contributed by atoms with Crippen LogP contribution in [0.5, 0.6) is 0 Å². The van der Waals surface area contributed by atoms with Gasteiger partial charge in [0.25, 0.3) is 0 Å². The molecule has 0 aromatic heterocycles. The molecule has 0 saturated carbocycles. The van der Waals surface area contributed by atoms with E-state index in [0.717, 1.165) is 17.7 Å². The number of carbonyl (C=O) groups excluding carboxylic acids is 2. The fourth-order valence-electron chi connectivity index (χ4n) is 1.98. The number of amides is 1. The molecule has 1 unspecified atom stereocenters. The Balaban J connectivity index is 2.01. The minimum absolute atomic E-state index is 0.0466. The molecule has 0 aliphatic carbocycles. The number of hydrogen-bond acceptors (Lipinski definition) is 4. The van der Waals surface area contributed by atoms with E-state index in [2.05, 4.69) is 15.4 Å². The van der Waals surface area contributed by atoms with E-state index < -0.39 is 0 Å². The molecule has 1 aromatic rings. The molecule has 1 aliphatic rings. The van der Waals surface area contributed by atoms with Crippen molar-refractivity contribution in [1.29, 1.82) is 0 Å². The fourth-order valence-corrected chi connectivity index (χ4v) is 1.98. The first-order chi connectivity index (χ1) is 8.70. The van der Waals surface area contributed by atoms with Gasteiger partial charge in [0.05, 0.1) is 19.7 Å². The summed E-state index contributed by atoms with van der Waals surface area (Å²) in [4.78, 5) is 23.0. The van der Waals surface area contributed by atoms with Gasteiger partial charge in [-0.3, -0.25) is 14.9 Å². The lowest BCUT2D eigenvalue weighted by Crippen LogP contribution is -2.42. The third kappa shape index (κ3) is 2.87. The summed E-state index contributed by atoms with van der Waals surface area (Å²) in [6, 6.07) is 7.36. The Hall–Kier alpha value is -1.88. The number of para-hydroxylation sites is 1. The molecular weight excluding hydrogens is 232 g/mol. The van der Waals surface area contributed by atoms with Crippen LogP contribution in [0.4, 0.5) is 5.69 Å². The second-order valence-corrected chi connectivity index (χ2v) is 4.19. The quantitative estimate of drug-likeness (QED) is 0.773. The standard InChI is InChI=1S/C13H16N2O3/c1-18-12(16)8-14-11-7-6-9-4-2-3-5-10(9)15-13(11)17/h2-5,11,14H,6-8H2,1H3,(H,15,17). The number of fused-ring (bicyclic) bond motifs is 1. The summed E-state index contributed by atoms with van der Waals surface area (Å²) in [5, 5.41) is 5.77. The molecule has 5 heteroatoms. The Kier molecular flexibility index (Phi) is 3.94. The van der Waals surface area contributed by atoms with Crippen LogP contribution in [0, 0.1) is 0 Å². The number of aryl methyl sites for hydroxylation is 1. The molecule has 0 fully saturated rings. The van der Waals surface area contributed by atoms with Gasteiger partial charge in [-0.15, -0.1) is 0 Å². The normalized spacial score (nSPS) is 18.5. The van der Waals surface area contributed by atoms with Gasteiger partial charge in [0.2, 0.25) is 5.91 Å². The van der Waals surface area contributed by atoms with Gasteiger partial charge in [0.15, 0.2) is 0 Å². The van der Waals surface area contributed by atoms with Gasteiger partial charge < -0.3 is 10.1 Å². The summed E-state index contributed by atoms with van der Waals surface area (Å²) < 4.78 is 4.54. The summed E-state index contributed by atoms with van der Waals surface area (Å²) >= 11 is 0. The largest absolute Gasteiger partial charge is 0.468 e. The summed E-state index contributed by atoms with van der Waals surface area (Å²) in [5.74, 6) is -0.478. The third-order valence-electron chi connectivity index (χ3n) is 3.01. The molecular formula is C13H16N2O3. The number of carbonyl (C=O) groups is 2. The number of methoxy groups -OCH3 is 1. The van der Waals surface area contributed by atoms with E-state index in [-0.39, 0.29) is 24.5 Å². The van der Waals surface area contributed by atoms with E-state index in [9.17, 15) is 9.59 Å². The van der Waals surface area contributed by atoms with Crippen molar-refractivity contribution in [2.24, 2.45) is 0 Å². The lowest BCUT2D eigenvalue weighted by atomic mass is 10.1. The van der Waals surface area contributed by atoms with Gasteiger partial charge in [-0.05, 0) is 24.5 Å². The monoisotopic (exact) mass is 248 g/mol. The number of rotatable bonds is 3. The minimum Gasteiger partial charge on any atom is -0.468 e. The molecule has 1 aromatic carbocycles. The highest BCUT2D eigenvalue weighted by molar-refractivity contribution is 5.96. The highest BCUT2D eigenvalue weighted by Crippen LogP contribution is 2.21. The van der Waals surface area contributed by atoms with E-state index in [4.69, 9.17) is 0 Å². The van der Waals surface area contributed by atoms with Gasteiger partial charge in [-0.2, -0.15) is 0 Å². The van der Waals surface area contributed by atoms with Crippen LogP contribution in [0.2, 0.25) is 0 Å². The van der Waals surface area contributed by atoms with E-state index in [1.807, 2.05) is 24.3 Å². The SMILES string of the molecule is COC(=O)CNC1CCc2ccccc2NC1=O. The highest BCUT2D eigenvalue weighted by atomic mass is 16.5. The maximum atomic E-state index is 12.0. The van der Waals surface area contributed by atoms with E-state index in [1.165, 1.54) is 7.11 Å². The molecule has 0 bridgehead atoms. The van der Waals surface area contributed by atoms with Gasteiger partial charge in [0.1, 0.15) is 0 Å². The Bertz CT molecular complexity index is 459. The molecule has 0 radical (unpaired) electrons. The summed E-state index contributed by atoms with van der Waals surface area (Å²) in [5.41, 5.74) is 1.97. The topological polar surface area (TPSA) is 67.4 Å². The van der Waals surface area contributed by atoms with Crippen LogP contribution in [0.25, 0.3) is 0 Å². The first kappa shape index (κ1) is 12.6. The second kappa shape index (κ2) is 5.64. The van der Waals surface area contributed by atoms with Crippen molar-refractivity contribution in [3.63, 3.8) is 0 Å². The van der Waals surface area contributed by atoms with Crippen LogP contribution in [0.3, 0.4) is 0 Å². The van der Waals surface area contributed by atoms with Crippen molar-refractivity contribution in [3.8, 4) is 0 Å². The van der Waals surface area contributed by atoms with E-state index >= 15 is 0 Å². The molecule has 0 saturated heterocycles. The third-order valence-corrected chi connectivity index (χ3v) is 3.01. The predicted octanol–water partition coefficient (Wildman–Crippen LogP) is 0.702. The smallest absolute Gasteiger partial charge is 0.319 e. The highest BCUT2D eigenvalue weighted by Gasteiger charge is 2.23. The molecule has 2 N–H and O–H groups in total. The van der Waals surface area contributed by atoms with Crippen molar-refractivity contribution in [3.05, 3.63) is 29.8 Å². The summed E-state index contributed by atoms with van der Waals surface area (Å²) in [6.45, 7) is 0.0466. The molecule has 1 heterocycles. The van der Waals surface area contributed by atoms with E-state index in [1.54, 1.807) is 0 Å². The summed E-state index contributed by atoms with van der Waals surface area (Å²) in [7, 11) is 1.33. The fraction of sp³-hybridized carbons (Fsp3) is 0.385. The predicted molar refractivity (Wildman–Crippen MR) is 67.2 cm³/mol. The Morgan fingerprint density at radius 2 is 2.28 bits per heavy atom. The number of hydrogen-bond donors (Lipinski definition) is 2.